The highest BCUT2D eigenvalue weighted by molar-refractivity contribution is 5.84. The Bertz CT molecular complexity index is 485. The number of hydrogen-bond acceptors (Lipinski definition) is 2. The van der Waals surface area contributed by atoms with Gasteiger partial charge in [-0.05, 0) is 30.5 Å². The second kappa shape index (κ2) is 3.28. The Morgan fingerprint density at radius 3 is 3.07 bits per heavy atom. The van der Waals surface area contributed by atoms with Gasteiger partial charge in [-0.15, -0.1) is 0 Å². The van der Waals surface area contributed by atoms with Crippen LogP contribution in [0.3, 0.4) is 0 Å². The zero-order valence-electron chi connectivity index (χ0n) is 8.46. The van der Waals surface area contributed by atoms with E-state index in [1.54, 1.807) is 12.1 Å². The highest BCUT2D eigenvalue weighted by Crippen LogP contribution is 2.24. The van der Waals surface area contributed by atoms with Crippen LogP contribution in [0.1, 0.15) is 18.4 Å². The van der Waals surface area contributed by atoms with Gasteiger partial charge in [0, 0.05) is 35.8 Å². The van der Waals surface area contributed by atoms with E-state index in [9.17, 15) is 5.11 Å². The third-order valence-corrected chi connectivity index (χ3v) is 2.91. The van der Waals surface area contributed by atoms with Gasteiger partial charge in [0.1, 0.15) is 5.75 Å². The number of rotatable bonds is 3. The molecule has 3 heteroatoms. The Morgan fingerprint density at radius 1 is 1.40 bits per heavy atom. The van der Waals surface area contributed by atoms with Crippen molar-refractivity contribution in [2.24, 2.45) is 0 Å². The zero-order chi connectivity index (χ0) is 10.3. The summed E-state index contributed by atoms with van der Waals surface area (Å²) in [6, 6.07) is 6.18. The summed E-state index contributed by atoms with van der Waals surface area (Å²) in [6.07, 6.45) is 4.63. The first kappa shape index (κ1) is 8.80. The van der Waals surface area contributed by atoms with E-state index in [0.29, 0.717) is 5.75 Å². The van der Waals surface area contributed by atoms with Crippen LogP contribution in [0.4, 0.5) is 0 Å². The lowest BCUT2D eigenvalue weighted by Gasteiger charge is -2.00. The average molecular weight is 202 g/mol. The molecule has 0 radical (unpaired) electrons. The number of H-pyrrole nitrogens is 1. The number of aromatic amines is 1. The molecule has 1 aliphatic carbocycles. The Morgan fingerprint density at radius 2 is 2.27 bits per heavy atom. The van der Waals surface area contributed by atoms with Crippen molar-refractivity contribution < 1.29 is 5.11 Å². The monoisotopic (exact) mass is 202 g/mol. The zero-order valence-corrected chi connectivity index (χ0v) is 8.46. The minimum atomic E-state index is 0.311. The van der Waals surface area contributed by atoms with Gasteiger partial charge in [-0.2, -0.15) is 0 Å². The normalized spacial score (nSPS) is 16.0. The van der Waals surface area contributed by atoms with Crippen LogP contribution < -0.4 is 5.32 Å². The van der Waals surface area contributed by atoms with Crippen molar-refractivity contribution in [1.82, 2.24) is 10.3 Å². The van der Waals surface area contributed by atoms with Crippen molar-refractivity contribution in [1.29, 1.82) is 0 Å². The molecule has 0 atom stereocenters. The number of aromatic hydroxyl groups is 1. The molecule has 0 unspecified atom stereocenters. The summed E-state index contributed by atoms with van der Waals surface area (Å²) in [6.45, 7) is 0.912. The largest absolute Gasteiger partial charge is 0.508 e. The van der Waals surface area contributed by atoms with E-state index in [-0.39, 0.29) is 0 Å². The molecule has 1 aromatic heterocycles. The molecule has 0 aliphatic heterocycles. The van der Waals surface area contributed by atoms with Crippen molar-refractivity contribution >= 4 is 10.9 Å². The lowest BCUT2D eigenvalue weighted by Crippen LogP contribution is -2.14. The molecule has 1 heterocycles. The fourth-order valence-electron chi connectivity index (χ4n) is 1.86. The summed E-state index contributed by atoms with van der Waals surface area (Å²) in [5.74, 6) is 0.311. The van der Waals surface area contributed by atoms with E-state index in [0.717, 1.165) is 18.1 Å². The number of phenolic OH excluding ortho intramolecular Hbond substituents is 1. The number of phenols is 1. The van der Waals surface area contributed by atoms with Gasteiger partial charge in [0.15, 0.2) is 0 Å². The average Bonchev–Trinajstić information content (AvgIpc) is 2.97. The summed E-state index contributed by atoms with van der Waals surface area (Å²) in [4.78, 5) is 3.17. The van der Waals surface area contributed by atoms with E-state index in [4.69, 9.17) is 0 Å². The first-order valence-electron chi connectivity index (χ1n) is 5.35. The van der Waals surface area contributed by atoms with Gasteiger partial charge in [-0.3, -0.25) is 0 Å². The Kier molecular flexibility index (Phi) is 1.92. The smallest absolute Gasteiger partial charge is 0.117 e. The van der Waals surface area contributed by atoms with Crippen molar-refractivity contribution in [3.05, 3.63) is 30.0 Å². The van der Waals surface area contributed by atoms with Gasteiger partial charge in [0.05, 0.1) is 0 Å². The van der Waals surface area contributed by atoms with Gasteiger partial charge in [-0.1, -0.05) is 0 Å². The van der Waals surface area contributed by atoms with Crippen LogP contribution in [0.2, 0.25) is 0 Å². The highest BCUT2D eigenvalue weighted by atomic mass is 16.3. The molecular weight excluding hydrogens is 188 g/mol. The second-order valence-corrected chi connectivity index (χ2v) is 4.20. The predicted octanol–water partition coefficient (Wildman–Crippen LogP) is 2.13. The molecule has 78 valence electrons. The quantitative estimate of drug-likeness (QED) is 0.714. The van der Waals surface area contributed by atoms with Crippen LogP contribution in [-0.2, 0) is 6.54 Å². The number of fused-ring (bicyclic) bond motifs is 1. The highest BCUT2D eigenvalue weighted by Gasteiger charge is 2.20. The Hall–Kier alpha value is -1.48. The van der Waals surface area contributed by atoms with E-state index in [1.807, 2.05) is 12.3 Å². The molecule has 1 aliphatic rings. The molecule has 3 rings (SSSR count). The van der Waals surface area contributed by atoms with Gasteiger partial charge in [0.25, 0.3) is 0 Å². The van der Waals surface area contributed by atoms with Crippen molar-refractivity contribution in [3.8, 4) is 5.75 Å². The number of aromatic nitrogens is 1. The summed E-state index contributed by atoms with van der Waals surface area (Å²) in [5, 5.41) is 14.0. The molecule has 3 N–H and O–H groups in total. The minimum Gasteiger partial charge on any atom is -0.508 e. The Balaban J connectivity index is 1.89. The molecule has 0 bridgehead atoms. The van der Waals surface area contributed by atoms with Gasteiger partial charge in [0.2, 0.25) is 0 Å². The van der Waals surface area contributed by atoms with Gasteiger partial charge >= 0.3 is 0 Å². The van der Waals surface area contributed by atoms with Gasteiger partial charge in [-0.25, -0.2) is 0 Å². The van der Waals surface area contributed by atoms with E-state index >= 15 is 0 Å². The number of benzene rings is 1. The van der Waals surface area contributed by atoms with E-state index < -0.39 is 0 Å². The second-order valence-electron chi connectivity index (χ2n) is 4.20. The molecule has 2 aromatic rings. The van der Waals surface area contributed by atoms with Crippen LogP contribution in [0, 0.1) is 0 Å². The molecule has 15 heavy (non-hydrogen) atoms. The molecular formula is C12H14N2O. The SMILES string of the molecule is Oc1ccc2c(CNC3CC3)c[nH]c2c1. The molecule has 1 saturated carbocycles. The summed E-state index contributed by atoms with van der Waals surface area (Å²) in [5.41, 5.74) is 2.28. The third kappa shape index (κ3) is 1.70. The molecule has 0 spiro atoms. The molecule has 0 saturated heterocycles. The van der Waals surface area contributed by atoms with Crippen molar-refractivity contribution in [2.45, 2.75) is 25.4 Å². The standard InChI is InChI=1S/C12H14N2O/c15-10-3-4-11-8(6-13-9-1-2-9)7-14-12(11)5-10/h3-5,7,9,13-15H,1-2,6H2. The van der Waals surface area contributed by atoms with E-state index in [2.05, 4.69) is 10.3 Å². The molecule has 3 nitrogen and oxygen atoms in total. The molecule has 1 fully saturated rings. The first-order valence-corrected chi connectivity index (χ1v) is 5.35. The fourth-order valence-corrected chi connectivity index (χ4v) is 1.86. The molecule has 1 aromatic carbocycles. The van der Waals surface area contributed by atoms with Crippen LogP contribution in [-0.4, -0.2) is 16.1 Å². The maximum atomic E-state index is 9.33. The first-order chi connectivity index (χ1) is 7.33. The van der Waals surface area contributed by atoms with Crippen molar-refractivity contribution in [2.75, 3.05) is 0 Å². The van der Waals surface area contributed by atoms with Crippen LogP contribution in [0.15, 0.2) is 24.4 Å². The summed E-state index contributed by atoms with van der Waals surface area (Å²) in [7, 11) is 0. The maximum absolute atomic E-state index is 9.33. The Labute approximate surface area is 88.1 Å². The van der Waals surface area contributed by atoms with Crippen molar-refractivity contribution in [3.63, 3.8) is 0 Å². The predicted molar refractivity (Wildman–Crippen MR) is 59.8 cm³/mol. The van der Waals surface area contributed by atoms with Crippen LogP contribution >= 0.6 is 0 Å². The minimum absolute atomic E-state index is 0.311. The number of nitrogens with one attached hydrogen (secondary N) is 2. The topological polar surface area (TPSA) is 48.0 Å². The maximum Gasteiger partial charge on any atom is 0.117 e. The van der Waals surface area contributed by atoms with Gasteiger partial charge < -0.3 is 15.4 Å². The molecule has 0 amide bonds. The van der Waals surface area contributed by atoms with Crippen LogP contribution in [0.5, 0.6) is 5.75 Å². The third-order valence-electron chi connectivity index (χ3n) is 2.91. The number of hydrogen-bond donors (Lipinski definition) is 3. The lowest BCUT2D eigenvalue weighted by molar-refractivity contribution is 0.476. The van der Waals surface area contributed by atoms with E-state index in [1.165, 1.54) is 23.8 Å². The lowest BCUT2D eigenvalue weighted by atomic mass is 10.1. The fraction of sp³-hybridized carbons (Fsp3) is 0.333. The summed E-state index contributed by atoms with van der Waals surface area (Å²) >= 11 is 0. The summed E-state index contributed by atoms with van der Waals surface area (Å²) < 4.78 is 0. The van der Waals surface area contributed by atoms with Crippen LogP contribution in [0.25, 0.3) is 10.9 Å².